The zero-order chi connectivity index (χ0) is 16.5. The number of rotatable bonds is 8. The zero-order valence-corrected chi connectivity index (χ0v) is 15.4. The number of piperidine rings is 1. The maximum absolute atomic E-state index is 12.0. The first-order valence-electron chi connectivity index (χ1n) is 8.41. The van der Waals surface area contributed by atoms with Gasteiger partial charge in [0.05, 0.1) is 14.2 Å². The van der Waals surface area contributed by atoms with Crippen molar-refractivity contribution in [1.82, 2.24) is 10.6 Å². The molecule has 1 heterocycles. The number of methoxy groups -OCH3 is 2. The quantitative estimate of drug-likeness (QED) is 0.751. The van der Waals surface area contributed by atoms with Gasteiger partial charge in [-0.25, -0.2) is 0 Å². The highest BCUT2D eigenvalue weighted by atomic mass is 35.5. The largest absolute Gasteiger partial charge is 0.497 e. The van der Waals surface area contributed by atoms with Gasteiger partial charge in [-0.3, -0.25) is 4.79 Å². The number of benzene rings is 1. The van der Waals surface area contributed by atoms with E-state index in [9.17, 15) is 4.79 Å². The molecule has 0 aliphatic carbocycles. The molecule has 24 heavy (non-hydrogen) atoms. The zero-order valence-electron chi connectivity index (χ0n) is 14.6. The van der Waals surface area contributed by atoms with Crippen LogP contribution in [0.2, 0.25) is 0 Å². The van der Waals surface area contributed by atoms with Crippen molar-refractivity contribution in [3.63, 3.8) is 0 Å². The Morgan fingerprint density at radius 1 is 1.25 bits per heavy atom. The van der Waals surface area contributed by atoms with Crippen molar-refractivity contribution in [2.75, 3.05) is 33.9 Å². The first-order chi connectivity index (χ1) is 11.2. The Hall–Kier alpha value is -1.46. The van der Waals surface area contributed by atoms with Crippen molar-refractivity contribution >= 4 is 18.3 Å². The topological polar surface area (TPSA) is 59.6 Å². The molecule has 2 rings (SSSR count). The van der Waals surface area contributed by atoms with E-state index in [0.29, 0.717) is 18.9 Å². The first-order valence-corrected chi connectivity index (χ1v) is 8.41. The van der Waals surface area contributed by atoms with Crippen LogP contribution in [0, 0.1) is 5.92 Å². The van der Waals surface area contributed by atoms with Gasteiger partial charge < -0.3 is 20.1 Å². The van der Waals surface area contributed by atoms with Crippen LogP contribution in [0.25, 0.3) is 0 Å². The van der Waals surface area contributed by atoms with E-state index >= 15 is 0 Å². The summed E-state index contributed by atoms with van der Waals surface area (Å²) >= 11 is 0. The number of halogens is 1. The van der Waals surface area contributed by atoms with Gasteiger partial charge in [0.1, 0.15) is 11.5 Å². The van der Waals surface area contributed by atoms with Gasteiger partial charge in [0.25, 0.3) is 0 Å². The van der Waals surface area contributed by atoms with Crippen molar-refractivity contribution in [3.05, 3.63) is 23.8 Å². The number of carbonyl (C=O) groups excluding carboxylic acids is 1. The fourth-order valence-electron chi connectivity index (χ4n) is 2.99. The third-order valence-electron chi connectivity index (χ3n) is 4.45. The molecule has 0 unspecified atom stereocenters. The average molecular weight is 357 g/mol. The molecule has 5 nitrogen and oxygen atoms in total. The number of nitrogens with one attached hydrogen (secondary N) is 2. The molecule has 1 fully saturated rings. The third-order valence-corrected chi connectivity index (χ3v) is 4.45. The number of ether oxygens (including phenoxy) is 2. The lowest BCUT2D eigenvalue weighted by Gasteiger charge is -2.22. The third kappa shape index (κ3) is 6.57. The van der Waals surface area contributed by atoms with Crippen LogP contribution >= 0.6 is 12.4 Å². The van der Waals surface area contributed by atoms with Gasteiger partial charge in [-0.2, -0.15) is 0 Å². The molecule has 0 saturated carbocycles. The van der Waals surface area contributed by atoms with Crippen LogP contribution in [0.4, 0.5) is 0 Å². The molecule has 0 aromatic heterocycles. The van der Waals surface area contributed by atoms with E-state index in [1.165, 1.54) is 12.8 Å². The highest BCUT2D eigenvalue weighted by Crippen LogP contribution is 2.24. The molecular weight excluding hydrogens is 328 g/mol. The fourth-order valence-corrected chi connectivity index (χ4v) is 2.99. The van der Waals surface area contributed by atoms with Crippen LogP contribution in [0.3, 0.4) is 0 Å². The summed E-state index contributed by atoms with van der Waals surface area (Å²) in [5.74, 6) is 2.42. The Morgan fingerprint density at radius 2 is 2.00 bits per heavy atom. The minimum Gasteiger partial charge on any atom is -0.497 e. The lowest BCUT2D eigenvalue weighted by Crippen LogP contribution is -2.30. The minimum atomic E-state index is 0. The Kier molecular flexibility index (Phi) is 9.57. The summed E-state index contributed by atoms with van der Waals surface area (Å²) in [6, 6.07) is 5.77. The summed E-state index contributed by atoms with van der Waals surface area (Å²) in [5.41, 5.74) is 1.08. The first kappa shape index (κ1) is 20.6. The molecule has 1 aliphatic rings. The van der Waals surface area contributed by atoms with Crippen LogP contribution in [-0.4, -0.2) is 39.8 Å². The Bertz CT molecular complexity index is 505. The number of hydrogen-bond donors (Lipinski definition) is 2. The Balaban J connectivity index is 0.00000288. The maximum Gasteiger partial charge on any atom is 0.220 e. The molecule has 0 bridgehead atoms. The maximum atomic E-state index is 12.0. The van der Waals surface area contributed by atoms with E-state index in [4.69, 9.17) is 9.47 Å². The molecule has 1 saturated heterocycles. The van der Waals surface area contributed by atoms with Gasteiger partial charge in [-0.05, 0) is 56.3 Å². The standard InChI is InChI=1S/C18H28N2O3.ClH/c1-22-16-5-4-15(17(13-16)23-2)9-12-20-18(21)6-3-14-7-10-19-11-8-14;/h4-5,13-14,19H,3,6-12H2,1-2H3,(H,20,21);1H. The lowest BCUT2D eigenvalue weighted by molar-refractivity contribution is -0.121. The second-order valence-electron chi connectivity index (χ2n) is 6.01. The van der Waals surface area contributed by atoms with Crippen LogP contribution in [0.1, 0.15) is 31.2 Å². The van der Waals surface area contributed by atoms with E-state index < -0.39 is 0 Å². The van der Waals surface area contributed by atoms with Crippen molar-refractivity contribution in [3.8, 4) is 11.5 Å². The van der Waals surface area contributed by atoms with Gasteiger partial charge in [-0.1, -0.05) is 6.07 Å². The number of amides is 1. The molecule has 1 aromatic rings. The normalized spacial score (nSPS) is 14.6. The predicted octanol–water partition coefficient (Wildman–Crippen LogP) is 2.56. The predicted molar refractivity (Wildman–Crippen MR) is 98.3 cm³/mol. The molecule has 0 radical (unpaired) electrons. The summed E-state index contributed by atoms with van der Waals surface area (Å²) in [5, 5.41) is 6.36. The second kappa shape index (κ2) is 11.2. The van der Waals surface area contributed by atoms with Gasteiger partial charge >= 0.3 is 0 Å². The molecule has 1 amide bonds. The molecule has 2 N–H and O–H groups in total. The fraction of sp³-hybridized carbons (Fsp3) is 0.611. The van der Waals surface area contributed by atoms with Crippen molar-refractivity contribution in [2.24, 2.45) is 5.92 Å². The van der Waals surface area contributed by atoms with Crippen LogP contribution in [-0.2, 0) is 11.2 Å². The SMILES string of the molecule is COc1ccc(CCNC(=O)CCC2CCNCC2)c(OC)c1.Cl. The molecule has 0 spiro atoms. The lowest BCUT2D eigenvalue weighted by atomic mass is 9.93. The molecule has 1 aliphatic heterocycles. The van der Waals surface area contributed by atoms with Crippen LogP contribution in [0.5, 0.6) is 11.5 Å². The second-order valence-corrected chi connectivity index (χ2v) is 6.01. The summed E-state index contributed by atoms with van der Waals surface area (Å²) in [4.78, 5) is 12.0. The van der Waals surface area contributed by atoms with Crippen LogP contribution in [0.15, 0.2) is 18.2 Å². The summed E-state index contributed by atoms with van der Waals surface area (Å²) in [7, 11) is 3.28. The van der Waals surface area contributed by atoms with Gasteiger partial charge in [0.2, 0.25) is 5.91 Å². The number of hydrogen-bond acceptors (Lipinski definition) is 4. The van der Waals surface area contributed by atoms with Crippen molar-refractivity contribution in [1.29, 1.82) is 0 Å². The molecule has 1 aromatic carbocycles. The average Bonchev–Trinajstić information content (AvgIpc) is 2.61. The summed E-state index contributed by atoms with van der Waals surface area (Å²) < 4.78 is 10.6. The number of carbonyl (C=O) groups is 1. The van der Waals surface area contributed by atoms with Gasteiger partial charge in [0.15, 0.2) is 0 Å². The van der Waals surface area contributed by atoms with Gasteiger partial charge in [-0.15, -0.1) is 12.4 Å². The van der Waals surface area contributed by atoms with E-state index in [-0.39, 0.29) is 18.3 Å². The van der Waals surface area contributed by atoms with Crippen molar-refractivity contribution < 1.29 is 14.3 Å². The molecular formula is C18H29ClN2O3. The minimum absolute atomic E-state index is 0. The smallest absolute Gasteiger partial charge is 0.220 e. The Labute approximate surface area is 150 Å². The summed E-state index contributed by atoms with van der Waals surface area (Å²) in [6.45, 7) is 2.81. The van der Waals surface area contributed by atoms with E-state index in [0.717, 1.165) is 43.0 Å². The molecule has 0 atom stereocenters. The van der Waals surface area contributed by atoms with E-state index in [2.05, 4.69) is 10.6 Å². The molecule has 136 valence electrons. The summed E-state index contributed by atoms with van der Waals surface area (Å²) in [6.07, 6.45) is 4.77. The van der Waals surface area contributed by atoms with E-state index in [1.54, 1.807) is 14.2 Å². The monoisotopic (exact) mass is 356 g/mol. The van der Waals surface area contributed by atoms with Gasteiger partial charge in [0, 0.05) is 19.0 Å². The highest BCUT2D eigenvalue weighted by Gasteiger charge is 2.14. The highest BCUT2D eigenvalue weighted by molar-refractivity contribution is 5.85. The Morgan fingerprint density at radius 3 is 2.67 bits per heavy atom. The van der Waals surface area contributed by atoms with Crippen molar-refractivity contribution in [2.45, 2.75) is 32.1 Å². The van der Waals surface area contributed by atoms with Crippen LogP contribution < -0.4 is 20.1 Å². The molecule has 6 heteroatoms. The van der Waals surface area contributed by atoms with E-state index in [1.807, 2.05) is 18.2 Å².